The lowest BCUT2D eigenvalue weighted by molar-refractivity contribution is -0.142. The Balaban J connectivity index is 2.40. The largest absolute Gasteiger partial charge is 0.469 e. The number of carbonyl (C=O) groups is 2. The molecule has 1 amide bonds. The zero-order valence-electron chi connectivity index (χ0n) is 9.83. The molecule has 0 radical (unpaired) electrons. The van der Waals surface area contributed by atoms with Crippen LogP contribution in [0.2, 0.25) is 10.0 Å². The Bertz CT molecular complexity index is 449. The molecule has 0 saturated heterocycles. The van der Waals surface area contributed by atoms with Crippen LogP contribution in [0.1, 0.15) is 18.4 Å². The van der Waals surface area contributed by atoms with Crippen molar-refractivity contribution in [2.75, 3.05) is 7.11 Å². The molecule has 0 atom stereocenters. The van der Waals surface area contributed by atoms with Gasteiger partial charge in [-0.1, -0.05) is 29.3 Å². The number of benzene rings is 1. The van der Waals surface area contributed by atoms with E-state index in [9.17, 15) is 9.59 Å². The van der Waals surface area contributed by atoms with Gasteiger partial charge < -0.3 is 10.1 Å². The van der Waals surface area contributed by atoms with Crippen molar-refractivity contribution in [3.05, 3.63) is 33.8 Å². The summed E-state index contributed by atoms with van der Waals surface area (Å²) in [5, 5.41) is 3.70. The van der Waals surface area contributed by atoms with Crippen LogP contribution in [-0.4, -0.2) is 19.0 Å². The summed E-state index contributed by atoms with van der Waals surface area (Å²) in [5.74, 6) is -0.638. The van der Waals surface area contributed by atoms with Crippen LogP contribution < -0.4 is 5.32 Å². The molecule has 0 aromatic heterocycles. The molecule has 0 aliphatic rings. The Morgan fingerprint density at radius 2 is 2.00 bits per heavy atom. The van der Waals surface area contributed by atoms with E-state index in [2.05, 4.69) is 10.1 Å². The van der Waals surface area contributed by atoms with E-state index in [1.165, 1.54) is 7.11 Å². The SMILES string of the molecule is COC(=O)CCC(=O)NCc1ccc(Cl)cc1Cl. The third-order valence-electron chi connectivity index (χ3n) is 2.27. The van der Waals surface area contributed by atoms with Gasteiger partial charge in [-0.25, -0.2) is 0 Å². The van der Waals surface area contributed by atoms with Gasteiger partial charge in [-0.05, 0) is 17.7 Å². The lowest BCUT2D eigenvalue weighted by Gasteiger charge is -2.07. The van der Waals surface area contributed by atoms with E-state index in [4.69, 9.17) is 23.2 Å². The molecule has 1 N–H and O–H groups in total. The second-order valence-electron chi connectivity index (χ2n) is 3.59. The molecule has 0 saturated carbocycles. The molecule has 18 heavy (non-hydrogen) atoms. The van der Waals surface area contributed by atoms with E-state index < -0.39 is 5.97 Å². The highest BCUT2D eigenvalue weighted by molar-refractivity contribution is 6.35. The monoisotopic (exact) mass is 289 g/mol. The molecule has 4 nitrogen and oxygen atoms in total. The minimum atomic E-state index is -0.408. The number of halogens is 2. The number of ether oxygens (including phenoxy) is 1. The molecular formula is C12H13Cl2NO3. The highest BCUT2D eigenvalue weighted by Crippen LogP contribution is 2.20. The fourth-order valence-corrected chi connectivity index (χ4v) is 1.74. The number of hydrogen-bond acceptors (Lipinski definition) is 3. The highest BCUT2D eigenvalue weighted by atomic mass is 35.5. The van der Waals surface area contributed by atoms with Crippen LogP contribution >= 0.6 is 23.2 Å². The summed E-state index contributed by atoms with van der Waals surface area (Å²) in [7, 11) is 1.29. The molecule has 0 heterocycles. The minimum absolute atomic E-state index is 0.0662. The fourth-order valence-electron chi connectivity index (χ4n) is 1.26. The molecule has 0 aliphatic carbocycles. The van der Waals surface area contributed by atoms with Gasteiger partial charge in [0.25, 0.3) is 0 Å². The van der Waals surface area contributed by atoms with Crippen LogP contribution in [0.4, 0.5) is 0 Å². The first-order valence-corrected chi connectivity index (χ1v) is 6.06. The summed E-state index contributed by atoms with van der Waals surface area (Å²) in [6.07, 6.45) is 0.161. The average Bonchev–Trinajstić information content (AvgIpc) is 2.34. The van der Waals surface area contributed by atoms with E-state index in [1.54, 1.807) is 18.2 Å². The molecule has 1 aromatic carbocycles. The predicted molar refractivity (Wildman–Crippen MR) is 69.6 cm³/mol. The van der Waals surface area contributed by atoms with Crippen molar-refractivity contribution in [2.45, 2.75) is 19.4 Å². The van der Waals surface area contributed by atoms with Crippen LogP contribution in [0, 0.1) is 0 Å². The van der Waals surface area contributed by atoms with E-state index in [0.29, 0.717) is 16.6 Å². The van der Waals surface area contributed by atoms with Gasteiger partial charge in [0.1, 0.15) is 0 Å². The maximum atomic E-state index is 11.4. The van der Waals surface area contributed by atoms with E-state index >= 15 is 0 Å². The van der Waals surface area contributed by atoms with Crippen molar-refractivity contribution in [2.24, 2.45) is 0 Å². The number of amides is 1. The molecule has 0 bridgehead atoms. The summed E-state index contributed by atoms with van der Waals surface area (Å²) in [5.41, 5.74) is 0.771. The smallest absolute Gasteiger partial charge is 0.306 e. The van der Waals surface area contributed by atoms with Crippen LogP contribution in [0.5, 0.6) is 0 Å². The van der Waals surface area contributed by atoms with Crippen molar-refractivity contribution in [1.82, 2.24) is 5.32 Å². The number of methoxy groups -OCH3 is 1. The standard InChI is InChI=1S/C12H13Cl2NO3/c1-18-12(17)5-4-11(16)15-7-8-2-3-9(13)6-10(8)14/h2-3,6H,4-5,7H2,1H3,(H,15,16). The Hall–Kier alpha value is -1.26. The number of hydrogen-bond donors (Lipinski definition) is 1. The van der Waals surface area contributed by atoms with Crippen molar-refractivity contribution in [3.63, 3.8) is 0 Å². The van der Waals surface area contributed by atoms with Gasteiger partial charge in [-0.2, -0.15) is 0 Å². The van der Waals surface area contributed by atoms with Crippen LogP contribution in [0.3, 0.4) is 0 Å². The Morgan fingerprint density at radius 3 is 2.61 bits per heavy atom. The molecule has 0 unspecified atom stereocenters. The van der Waals surface area contributed by atoms with Gasteiger partial charge in [0.2, 0.25) is 5.91 Å². The molecule has 0 fully saturated rings. The first kappa shape index (κ1) is 14.8. The summed E-state index contributed by atoms with van der Waals surface area (Å²) in [6.45, 7) is 0.302. The number of esters is 1. The second-order valence-corrected chi connectivity index (χ2v) is 4.43. The maximum Gasteiger partial charge on any atom is 0.306 e. The summed E-state index contributed by atoms with van der Waals surface area (Å²) in [4.78, 5) is 22.3. The van der Waals surface area contributed by atoms with Gasteiger partial charge in [-0.15, -0.1) is 0 Å². The summed E-state index contributed by atoms with van der Waals surface area (Å²) in [6, 6.07) is 5.05. The third-order valence-corrected chi connectivity index (χ3v) is 2.86. The van der Waals surface area contributed by atoms with Crippen LogP contribution in [-0.2, 0) is 20.9 Å². The summed E-state index contributed by atoms with van der Waals surface area (Å²) < 4.78 is 4.44. The maximum absolute atomic E-state index is 11.4. The van der Waals surface area contributed by atoms with E-state index in [0.717, 1.165) is 5.56 Å². The molecule has 98 valence electrons. The lowest BCUT2D eigenvalue weighted by Crippen LogP contribution is -2.23. The second kappa shape index (κ2) is 7.24. The minimum Gasteiger partial charge on any atom is -0.469 e. The van der Waals surface area contributed by atoms with Gasteiger partial charge in [0.05, 0.1) is 13.5 Å². The predicted octanol–water partition coefficient (Wildman–Crippen LogP) is 2.56. The molecule has 1 rings (SSSR count). The average molecular weight is 290 g/mol. The number of rotatable bonds is 5. The number of nitrogens with one attached hydrogen (secondary N) is 1. The first-order valence-electron chi connectivity index (χ1n) is 5.30. The molecule has 0 spiro atoms. The Morgan fingerprint density at radius 1 is 1.28 bits per heavy atom. The van der Waals surface area contributed by atoms with Crippen LogP contribution in [0.15, 0.2) is 18.2 Å². The Kier molecular flexibility index (Phi) is 5.95. The lowest BCUT2D eigenvalue weighted by atomic mass is 10.2. The van der Waals surface area contributed by atoms with Crippen molar-refractivity contribution < 1.29 is 14.3 Å². The van der Waals surface area contributed by atoms with Crippen molar-refractivity contribution in [1.29, 1.82) is 0 Å². The Labute approximate surface area is 115 Å². The molecule has 1 aromatic rings. The van der Waals surface area contributed by atoms with Gasteiger partial charge in [-0.3, -0.25) is 9.59 Å². The quantitative estimate of drug-likeness (QED) is 0.848. The molecular weight excluding hydrogens is 277 g/mol. The van der Waals surface area contributed by atoms with Crippen molar-refractivity contribution >= 4 is 35.1 Å². The van der Waals surface area contributed by atoms with E-state index in [-0.39, 0.29) is 18.7 Å². The highest BCUT2D eigenvalue weighted by Gasteiger charge is 2.07. The fraction of sp³-hybridized carbons (Fsp3) is 0.333. The van der Waals surface area contributed by atoms with Crippen molar-refractivity contribution in [3.8, 4) is 0 Å². The first-order chi connectivity index (χ1) is 8.52. The topological polar surface area (TPSA) is 55.4 Å². The normalized spacial score (nSPS) is 9.94. The van der Waals surface area contributed by atoms with Gasteiger partial charge in [0, 0.05) is 23.0 Å². The zero-order valence-corrected chi connectivity index (χ0v) is 11.3. The third kappa shape index (κ3) is 4.94. The molecule has 6 heteroatoms. The van der Waals surface area contributed by atoms with Crippen LogP contribution in [0.25, 0.3) is 0 Å². The van der Waals surface area contributed by atoms with Gasteiger partial charge in [0.15, 0.2) is 0 Å². The number of carbonyl (C=O) groups excluding carboxylic acids is 2. The van der Waals surface area contributed by atoms with E-state index in [1.807, 2.05) is 0 Å². The molecule has 0 aliphatic heterocycles. The van der Waals surface area contributed by atoms with Gasteiger partial charge >= 0.3 is 5.97 Å². The zero-order chi connectivity index (χ0) is 13.5. The summed E-state index contributed by atoms with van der Waals surface area (Å²) >= 11 is 11.7.